The molecule has 1 N–H and O–H groups in total. The van der Waals surface area contributed by atoms with E-state index in [1.165, 1.54) is 17.0 Å². The van der Waals surface area contributed by atoms with Crippen molar-refractivity contribution in [3.8, 4) is 6.07 Å². The maximum absolute atomic E-state index is 13.1. The van der Waals surface area contributed by atoms with Crippen molar-refractivity contribution in [2.45, 2.75) is 26.6 Å². The number of alkyl halides is 3. The molecule has 1 aromatic carbocycles. The van der Waals surface area contributed by atoms with Gasteiger partial charge in [0.05, 0.1) is 24.2 Å². The molecule has 1 unspecified atom stereocenters. The number of halogens is 3. The molecule has 0 bridgehead atoms. The Morgan fingerprint density at radius 1 is 1.40 bits per heavy atom. The summed E-state index contributed by atoms with van der Waals surface area (Å²) in [4.78, 5) is 1.53. The quantitative estimate of drug-likeness (QED) is 0.904. The average molecular weight is 286 g/mol. The van der Waals surface area contributed by atoms with Gasteiger partial charge in [-0.25, -0.2) is 0 Å². The van der Waals surface area contributed by atoms with E-state index in [4.69, 9.17) is 10.4 Å². The SMILES string of the molecule is CCN(CC(C)C#N)c1ccc(CO)cc1C(F)(F)F. The number of benzene rings is 1. The highest BCUT2D eigenvalue weighted by Gasteiger charge is 2.35. The molecule has 0 fully saturated rings. The lowest BCUT2D eigenvalue weighted by Crippen LogP contribution is -2.30. The fourth-order valence-corrected chi connectivity index (χ4v) is 1.95. The van der Waals surface area contributed by atoms with Gasteiger partial charge < -0.3 is 10.0 Å². The Bertz CT molecular complexity index is 494. The lowest BCUT2D eigenvalue weighted by molar-refractivity contribution is -0.137. The summed E-state index contributed by atoms with van der Waals surface area (Å²) < 4.78 is 39.3. The van der Waals surface area contributed by atoms with Crippen LogP contribution in [0.25, 0.3) is 0 Å². The number of rotatable bonds is 5. The van der Waals surface area contributed by atoms with Crippen LogP contribution in [0.5, 0.6) is 0 Å². The van der Waals surface area contributed by atoms with Crippen LogP contribution in [0.2, 0.25) is 0 Å². The van der Waals surface area contributed by atoms with Crippen molar-refractivity contribution in [2.75, 3.05) is 18.0 Å². The average Bonchev–Trinajstić information content (AvgIpc) is 2.42. The maximum Gasteiger partial charge on any atom is 0.418 e. The molecule has 1 atom stereocenters. The van der Waals surface area contributed by atoms with Gasteiger partial charge in [-0.2, -0.15) is 18.4 Å². The highest BCUT2D eigenvalue weighted by molar-refractivity contribution is 5.56. The zero-order valence-corrected chi connectivity index (χ0v) is 11.4. The monoisotopic (exact) mass is 286 g/mol. The molecule has 6 heteroatoms. The lowest BCUT2D eigenvalue weighted by Gasteiger charge is -2.27. The summed E-state index contributed by atoms with van der Waals surface area (Å²) in [5, 5.41) is 17.8. The van der Waals surface area contributed by atoms with Crippen molar-refractivity contribution in [1.29, 1.82) is 5.26 Å². The van der Waals surface area contributed by atoms with Crippen LogP contribution >= 0.6 is 0 Å². The van der Waals surface area contributed by atoms with Crippen LogP contribution < -0.4 is 4.90 Å². The van der Waals surface area contributed by atoms with Crippen molar-refractivity contribution in [1.82, 2.24) is 0 Å². The first-order valence-electron chi connectivity index (χ1n) is 6.29. The first-order chi connectivity index (χ1) is 9.33. The van der Waals surface area contributed by atoms with Gasteiger partial charge in [0, 0.05) is 18.8 Å². The molecule has 110 valence electrons. The smallest absolute Gasteiger partial charge is 0.392 e. The van der Waals surface area contributed by atoms with Crippen LogP contribution in [0.15, 0.2) is 18.2 Å². The molecule has 0 aliphatic rings. The van der Waals surface area contributed by atoms with E-state index in [-0.39, 0.29) is 23.7 Å². The van der Waals surface area contributed by atoms with Crippen molar-refractivity contribution in [3.05, 3.63) is 29.3 Å². The normalized spacial score (nSPS) is 12.8. The zero-order valence-electron chi connectivity index (χ0n) is 11.4. The van der Waals surface area contributed by atoms with E-state index in [1.807, 2.05) is 6.07 Å². The summed E-state index contributed by atoms with van der Waals surface area (Å²) in [6.07, 6.45) is -4.50. The molecular formula is C14H17F3N2O. The van der Waals surface area contributed by atoms with Crippen molar-refractivity contribution < 1.29 is 18.3 Å². The van der Waals surface area contributed by atoms with Gasteiger partial charge in [0.15, 0.2) is 0 Å². The van der Waals surface area contributed by atoms with E-state index in [9.17, 15) is 13.2 Å². The first-order valence-corrected chi connectivity index (χ1v) is 6.29. The molecule has 0 aliphatic heterocycles. The van der Waals surface area contributed by atoms with Crippen molar-refractivity contribution in [3.63, 3.8) is 0 Å². The Morgan fingerprint density at radius 2 is 2.05 bits per heavy atom. The second kappa shape index (κ2) is 6.62. The van der Waals surface area contributed by atoms with E-state index in [0.717, 1.165) is 6.07 Å². The zero-order chi connectivity index (χ0) is 15.3. The van der Waals surface area contributed by atoms with E-state index in [0.29, 0.717) is 6.54 Å². The number of anilines is 1. The van der Waals surface area contributed by atoms with E-state index in [1.54, 1.807) is 13.8 Å². The predicted molar refractivity (Wildman–Crippen MR) is 70.0 cm³/mol. The highest BCUT2D eigenvalue weighted by Crippen LogP contribution is 2.37. The summed E-state index contributed by atoms with van der Waals surface area (Å²) in [5.41, 5.74) is -0.527. The molecule has 20 heavy (non-hydrogen) atoms. The summed E-state index contributed by atoms with van der Waals surface area (Å²) in [6.45, 7) is 3.56. The number of nitrogens with zero attached hydrogens (tertiary/aromatic N) is 2. The van der Waals surface area contributed by atoms with Crippen LogP contribution in [0.1, 0.15) is 25.0 Å². The van der Waals surface area contributed by atoms with Gasteiger partial charge in [-0.1, -0.05) is 6.07 Å². The molecule has 0 aliphatic carbocycles. The summed E-state index contributed by atoms with van der Waals surface area (Å²) in [7, 11) is 0. The Balaban J connectivity index is 3.24. The van der Waals surface area contributed by atoms with E-state index in [2.05, 4.69) is 0 Å². The van der Waals surface area contributed by atoms with Gasteiger partial charge in [0.2, 0.25) is 0 Å². The lowest BCUT2D eigenvalue weighted by atomic mass is 10.1. The highest BCUT2D eigenvalue weighted by atomic mass is 19.4. The fourth-order valence-electron chi connectivity index (χ4n) is 1.95. The van der Waals surface area contributed by atoms with Gasteiger partial charge in [0.1, 0.15) is 0 Å². The van der Waals surface area contributed by atoms with Crippen LogP contribution in [-0.2, 0) is 12.8 Å². The minimum Gasteiger partial charge on any atom is -0.392 e. The number of aliphatic hydroxyl groups is 1. The first kappa shape index (κ1) is 16.3. The molecule has 0 radical (unpaired) electrons. The number of nitriles is 1. The Morgan fingerprint density at radius 3 is 2.50 bits per heavy atom. The van der Waals surface area contributed by atoms with Gasteiger partial charge in [-0.15, -0.1) is 0 Å². The van der Waals surface area contributed by atoms with Gasteiger partial charge in [-0.05, 0) is 31.5 Å². The van der Waals surface area contributed by atoms with E-state index >= 15 is 0 Å². The molecule has 0 saturated carbocycles. The van der Waals surface area contributed by atoms with Crippen LogP contribution in [0, 0.1) is 17.2 Å². The van der Waals surface area contributed by atoms with Crippen LogP contribution in [-0.4, -0.2) is 18.2 Å². The topological polar surface area (TPSA) is 47.3 Å². The van der Waals surface area contributed by atoms with Gasteiger partial charge >= 0.3 is 6.18 Å². The second-order valence-corrected chi connectivity index (χ2v) is 4.58. The summed E-state index contributed by atoms with van der Waals surface area (Å²) in [5.74, 6) is -0.367. The Labute approximate surface area is 116 Å². The van der Waals surface area contributed by atoms with Crippen LogP contribution in [0.3, 0.4) is 0 Å². The number of hydrogen-bond acceptors (Lipinski definition) is 3. The largest absolute Gasteiger partial charge is 0.418 e. The van der Waals surface area contributed by atoms with Gasteiger partial charge in [0.25, 0.3) is 0 Å². The summed E-state index contributed by atoms with van der Waals surface area (Å²) >= 11 is 0. The molecule has 0 saturated heterocycles. The number of hydrogen-bond donors (Lipinski definition) is 1. The Hall–Kier alpha value is -1.74. The van der Waals surface area contributed by atoms with Crippen LogP contribution in [0.4, 0.5) is 18.9 Å². The standard InChI is InChI=1S/C14H17F3N2O/c1-3-19(8-10(2)7-18)13-5-4-11(9-20)6-12(13)14(15,16)17/h4-6,10,20H,3,8-9H2,1-2H3. The molecule has 1 aromatic rings. The molecular weight excluding hydrogens is 269 g/mol. The molecule has 0 spiro atoms. The third-order valence-electron chi connectivity index (χ3n) is 2.99. The minimum atomic E-state index is -4.50. The Kier molecular flexibility index (Phi) is 5.40. The minimum absolute atomic E-state index is 0.0410. The maximum atomic E-state index is 13.1. The van der Waals surface area contributed by atoms with Gasteiger partial charge in [-0.3, -0.25) is 0 Å². The molecule has 0 aromatic heterocycles. The predicted octanol–water partition coefficient (Wildman–Crippen LogP) is 3.18. The van der Waals surface area contributed by atoms with Crippen molar-refractivity contribution >= 4 is 5.69 Å². The molecule has 1 rings (SSSR count). The third kappa shape index (κ3) is 3.87. The van der Waals surface area contributed by atoms with Crippen molar-refractivity contribution in [2.24, 2.45) is 5.92 Å². The third-order valence-corrected chi connectivity index (χ3v) is 2.99. The molecule has 3 nitrogen and oxygen atoms in total. The fraction of sp³-hybridized carbons (Fsp3) is 0.500. The second-order valence-electron chi connectivity index (χ2n) is 4.58. The number of aliphatic hydroxyl groups excluding tert-OH is 1. The molecule has 0 amide bonds. The van der Waals surface area contributed by atoms with E-state index < -0.39 is 18.3 Å². The molecule has 0 heterocycles. The summed E-state index contributed by atoms with van der Waals surface area (Å²) in [6, 6.07) is 5.78.